The standard InChI is InChI=1S/C15H18N4O2/c1-2-3-14-13-10-16-9-8-15(13)18(17-14)11-4-6-12(7-5-11)19(20)21/h4-7,16H,2-3,8-10H2,1H3. The Morgan fingerprint density at radius 2 is 2.14 bits per heavy atom. The number of non-ortho nitro benzene ring substituents is 1. The Balaban J connectivity index is 2.03. The molecule has 0 fully saturated rings. The van der Waals surface area contributed by atoms with E-state index < -0.39 is 0 Å². The van der Waals surface area contributed by atoms with Crippen molar-refractivity contribution in [2.24, 2.45) is 0 Å². The normalized spacial score (nSPS) is 14.0. The first-order valence-electron chi connectivity index (χ1n) is 7.26. The molecular formula is C15H18N4O2. The lowest BCUT2D eigenvalue weighted by molar-refractivity contribution is -0.384. The molecule has 110 valence electrons. The van der Waals surface area contributed by atoms with Crippen LogP contribution in [0.25, 0.3) is 5.69 Å². The minimum Gasteiger partial charge on any atom is -0.312 e. The number of nitro groups is 1. The molecule has 0 unspecified atom stereocenters. The van der Waals surface area contributed by atoms with Gasteiger partial charge < -0.3 is 5.32 Å². The van der Waals surface area contributed by atoms with E-state index >= 15 is 0 Å². The van der Waals surface area contributed by atoms with E-state index in [1.165, 1.54) is 23.4 Å². The Morgan fingerprint density at radius 1 is 1.38 bits per heavy atom. The fourth-order valence-electron chi connectivity index (χ4n) is 2.78. The number of nitrogens with zero attached hydrogens (tertiary/aromatic N) is 3. The summed E-state index contributed by atoms with van der Waals surface area (Å²) in [7, 11) is 0. The van der Waals surface area contributed by atoms with Gasteiger partial charge in [0.1, 0.15) is 0 Å². The zero-order chi connectivity index (χ0) is 14.8. The highest BCUT2D eigenvalue weighted by atomic mass is 16.6. The van der Waals surface area contributed by atoms with Gasteiger partial charge in [0, 0.05) is 37.2 Å². The van der Waals surface area contributed by atoms with E-state index in [1.54, 1.807) is 12.1 Å². The van der Waals surface area contributed by atoms with E-state index in [-0.39, 0.29) is 10.6 Å². The molecule has 0 saturated carbocycles. The van der Waals surface area contributed by atoms with E-state index in [4.69, 9.17) is 5.10 Å². The van der Waals surface area contributed by atoms with Crippen LogP contribution >= 0.6 is 0 Å². The van der Waals surface area contributed by atoms with Crippen molar-refractivity contribution in [1.29, 1.82) is 0 Å². The molecule has 2 heterocycles. The number of hydrogen-bond acceptors (Lipinski definition) is 4. The largest absolute Gasteiger partial charge is 0.312 e. The first kappa shape index (κ1) is 13.8. The summed E-state index contributed by atoms with van der Waals surface area (Å²) in [4.78, 5) is 10.4. The highest BCUT2D eigenvalue weighted by Crippen LogP contribution is 2.24. The smallest absolute Gasteiger partial charge is 0.269 e. The third-order valence-electron chi connectivity index (χ3n) is 3.81. The van der Waals surface area contributed by atoms with Crippen LogP contribution in [-0.2, 0) is 19.4 Å². The van der Waals surface area contributed by atoms with Crippen molar-refractivity contribution >= 4 is 5.69 Å². The van der Waals surface area contributed by atoms with Gasteiger partial charge >= 0.3 is 0 Å². The Hall–Kier alpha value is -2.21. The van der Waals surface area contributed by atoms with Crippen molar-refractivity contribution in [3.63, 3.8) is 0 Å². The topological polar surface area (TPSA) is 73.0 Å². The third-order valence-corrected chi connectivity index (χ3v) is 3.81. The van der Waals surface area contributed by atoms with Crippen LogP contribution in [0.5, 0.6) is 0 Å². The average molecular weight is 286 g/mol. The van der Waals surface area contributed by atoms with Crippen molar-refractivity contribution in [1.82, 2.24) is 15.1 Å². The number of nitro benzene ring substituents is 1. The van der Waals surface area contributed by atoms with Crippen LogP contribution in [0.2, 0.25) is 0 Å². The molecule has 3 rings (SSSR count). The summed E-state index contributed by atoms with van der Waals surface area (Å²) in [6, 6.07) is 6.60. The molecule has 21 heavy (non-hydrogen) atoms. The van der Waals surface area contributed by atoms with Gasteiger partial charge in [0.2, 0.25) is 0 Å². The van der Waals surface area contributed by atoms with Gasteiger partial charge in [-0.1, -0.05) is 13.3 Å². The maximum atomic E-state index is 10.7. The predicted octanol–water partition coefficient (Wildman–Crippen LogP) is 2.38. The van der Waals surface area contributed by atoms with Crippen LogP contribution in [-0.4, -0.2) is 21.2 Å². The number of benzene rings is 1. The molecule has 1 aliphatic rings. The first-order chi connectivity index (χ1) is 10.2. The summed E-state index contributed by atoms with van der Waals surface area (Å²) in [6.45, 7) is 3.95. The molecule has 6 heteroatoms. The third kappa shape index (κ3) is 2.54. The molecule has 1 aromatic heterocycles. The summed E-state index contributed by atoms with van der Waals surface area (Å²) in [6.07, 6.45) is 2.96. The summed E-state index contributed by atoms with van der Waals surface area (Å²) in [5.41, 5.74) is 4.65. The second kappa shape index (κ2) is 5.65. The van der Waals surface area contributed by atoms with Crippen LogP contribution in [0.1, 0.15) is 30.3 Å². The highest BCUT2D eigenvalue weighted by molar-refractivity contribution is 5.43. The second-order valence-electron chi connectivity index (χ2n) is 5.23. The molecule has 2 aromatic rings. The molecule has 0 saturated heterocycles. The maximum absolute atomic E-state index is 10.7. The van der Waals surface area contributed by atoms with Crippen LogP contribution < -0.4 is 5.32 Å². The molecule has 0 atom stereocenters. The summed E-state index contributed by atoms with van der Waals surface area (Å²) >= 11 is 0. The highest BCUT2D eigenvalue weighted by Gasteiger charge is 2.21. The molecule has 0 aliphatic carbocycles. The van der Waals surface area contributed by atoms with Crippen LogP contribution in [0.15, 0.2) is 24.3 Å². The van der Waals surface area contributed by atoms with E-state index in [1.807, 2.05) is 4.68 Å². The molecule has 1 aliphatic heterocycles. The van der Waals surface area contributed by atoms with Gasteiger partial charge in [-0.15, -0.1) is 0 Å². The van der Waals surface area contributed by atoms with Gasteiger partial charge in [-0.2, -0.15) is 5.10 Å². The number of rotatable bonds is 4. The van der Waals surface area contributed by atoms with E-state index in [2.05, 4.69) is 12.2 Å². The fourth-order valence-corrected chi connectivity index (χ4v) is 2.78. The van der Waals surface area contributed by atoms with Gasteiger partial charge in [-0.25, -0.2) is 4.68 Å². The molecular weight excluding hydrogens is 268 g/mol. The van der Waals surface area contributed by atoms with Crippen LogP contribution in [0, 0.1) is 10.1 Å². The van der Waals surface area contributed by atoms with Crippen molar-refractivity contribution < 1.29 is 4.92 Å². The van der Waals surface area contributed by atoms with Crippen molar-refractivity contribution in [3.05, 3.63) is 51.3 Å². The Morgan fingerprint density at radius 3 is 2.81 bits per heavy atom. The number of nitrogens with one attached hydrogen (secondary N) is 1. The lowest BCUT2D eigenvalue weighted by Crippen LogP contribution is -2.25. The van der Waals surface area contributed by atoms with Gasteiger partial charge in [0.15, 0.2) is 0 Å². The molecule has 0 bridgehead atoms. The molecule has 0 amide bonds. The lowest BCUT2D eigenvalue weighted by Gasteiger charge is -2.15. The number of fused-ring (bicyclic) bond motifs is 1. The number of aromatic nitrogens is 2. The fraction of sp³-hybridized carbons (Fsp3) is 0.400. The minimum atomic E-state index is -0.380. The van der Waals surface area contributed by atoms with Crippen LogP contribution in [0.3, 0.4) is 0 Å². The molecule has 1 N–H and O–H groups in total. The second-order valence-corrected chi connectivity index (χ2v) is 5.23. The SMILES string of the molecule is CCCc1nn(-c2ccc([N+](=O)[O-])cc2)c2c1CNCC2. The van der Waals surface area contributed by atoms with Gasteiger partial charge in [0.05, 0.1) is 22.0 Å². The molecule has 0 radical (unpaired) electrons. The lowest BCUT2D eigenvalue weighted by atomic mass is 10.0. The van der Waals surface area contributed by atoms with Gasteiger partial charge in [-0.3, -0.25) is 10.1 Å². The van der Waals surface area contributed by atoms with Gasteiger partial charge in [0.25, 0.3) is 5.69 Å². The summed E-state index contributed by atoms with van der Waals surface area (Å²) in [5.74, 6) is 0. The Kier molecular flexibility index (Phi) is 3.70. The molecule has 6 nitrogen and oxygen atoms in total. The number of aryl methyl sites for hydroxylation is 1. The molecule has 1 aromatic carbocycles. The maximum Gasteiger partial charge on any atom is 0.269 e. The van der Waals surface area contributed by atoms with E-state index in [9.17, 15) is 10.1 Å². The predicted molar refractivity (Wildman–Crippen MR) is 79.6 cm³/mol. The molecule has 0 spiro atoms. The van der Waals surface area contributed by atoms with E-state index in [0.717, 1.165) is 43.7 Å². The first-order valence-corrected chi connectivity index (χ1v) is 7.26. The van der Waals surface area contributed by atoms with Gasteiger partial charge in [-0.05, 0) is 18.6 Å². The van der Waals surface area contributed by atoms with Crippen molar-refractivity contribution in [3.8, 4) is 5.69 Å². The van der Waals surface area contributed by atoms with Crippen molar-refractivity contribution in [2.75, 3.05) is 6.54 Å². The average Bonchev–Trinajstić information content (AvgIpc) is 2.87. The number of hydrogen-bond donors (Lipinski definition) is 1. The minimum absolute atomic E-state index is 0.107. The zero-order valence-electron chi connectivity index (χ0n) is 12.0. The van der Waals surface area contributed by atoms with Crippen molar-refractivity contribution in [2.45, 2.75) is 32.7 Å². The zero-order valence-corrected chi connectivity index (χ0v) is 12.0. The monoisotopic (exact) mass is 286 g/mol. The Bertz CT molecular complexity index is 661. The van der Waals surface area contributed by atoms with Crippen LogP contribution in [0.4, 0.5) is 5.69 Å². The summed E-state index contributed by atoms with van der Waals surface area (Å²) in [5, 5.41) is 18.9. The Labute approximate surface area is 122 Å². The summed E-state index contributed by atoms with van der Waals surface area (Å²) < 4.78 is 1.95. The van der Waals surface area contributed by atoms with E-state index in [0.29, 0.717) is 0 Å². The quantitative estimate of drug-likeness (QED) is 0.692.